The molecule has 0 spiro atoms. The maximum absolute atomic E-state index is 12.5. The van der Waals surface area contributed by atoms with Crippen molar-refractivity contribution in [3.05, 3.63) is 29.8 Å². The highest BCUT2D eigenvalue weighted by Gasteiger charge is 2.53. The van der Waals surface area contributed by atoms with Crippen molar-refractivity contribution in [2.45, 2.75) is 36.8 Å². The van der Waals surface area contributed by atoms with Gasteiger partial charge in [0, 0.05) is 40.2 Å². The Balaban J connectivity index is 2.20. The van der Waals surface area contributed by atoms with Gasteiger partial charge >= 0.3 is 11.9 Å². The quantitative estimate of drug-likeness (QED) is 0.423. The zero-order chi connectivity index (χ0) is 23.0. The largest absolute Gasteiger partial charge is 0.493 e. The van der Waals surface area contributed by atoms with Crippen LogP contribution in [0.5, 0.6) is 11.5 Å². The fourth-order valence-corrected chi connectivity index (χ4v) is 3.75. The van der Waals surface area contributed by atoms with E-state index in [1.54, 1.807) is 31.4 Å². The van der Waals surface area contributed by atoms with E-state index in [0.29, 0.717) is 11.5 Å². The first kappa shape index (κ1) is 24.6. The lowest BCUT2D eigenvalue weighted by Gasteiger charge is -2.44. The molecule has 1 aliphatic rings. The standard InChI is InChI=1S/C22H30O9/c1-25-15-9-7-14(11-16(15)26-2)8-10-19(23)31-18-13-22(30-6,21(24)29-5)12-17(27-3)20(18)28-4/h7-11,17-18,20H,12-13H2,1-6H3/b10-8+/t17-,18-,20-,22+/m1/s1. The number of carbonyl (C=O) groups is 2. The lowest BCUT2D eigenvalue weighted by atomic mass is 9.79. The third kappa shape index (κ3) is 5.55. The van der Waals surface area contributed by atoms with Gasteiger partial charge in [0.05, 0.1) is 27.4 Å². The van der Waals surface area contributed by atoms with E-state index in [1.165, 1.54) is 41.6 Å². The molecule has 1 aliphatic carbocycles. The molecule has 0 radical (unpaired) electrons. The SMILES string of the molecule is COC(=O)[C@]1(OC)C[C@@H](OC)[C@@H](OC)[C@H](OC(=O)/C=C/c2ccc(OC)c(OC)c2)C1. The smallest absolute Gasteiger partial charge is 0.338 e. The van der Waals surface area contributed by atoms with Gasteiger partial charge in [-0.1, -0.05) is 6.07 Å². The molecule has 0 amide bonds. The number of esters is 2. The Morgan fingerprint density at radius 2 is 1.61 bits per heavy atom. The van der Waals surface area contributed by atoms with Crippen LogP contribution < -0.4 is 9.47 Å². The third-order valence-corrected chi connectivity index (χ3v) is 5.40. The Hall–Kier alpha value is -2.62. The van der Waals surface area contributed by atoms with Crippen molar-refractivity contribution in [3.8, 4) is 11.5 Å². The molecule has 9 heteroatoms. The predicted molar refractivity (Wildman–Crippen MR) is 111 cm³/mol. The molecule has 2 rings (SSSR count). The van der Waals surface area contributed by atoms with E-state index < -0.39 is 35.9 Å². The van der Waals surface area contributed by atoms with Crippen molar-refractivity contribution in [3.63, 3.8) is 0 Å². The van der Waals surface area contributed by atoms with Gasteiger partial charge in [-0.05, 0) is 23.8 Å². The third-order valence-electron chi connectivity index (χ3n) is 5.40. The molecule has 31 heavy (non-hydrogen) atoms. The van der Waals surface area contributed by atoms with Crippen LogP contribution in [0.15, 0.2) is 24.3 Å². The first-order valence-corrected chi connectivity index (χ1v) is 9.67. The Labute approximate surface area is 182 Å². The number of hydrogen-bond donors (Lipinski definition) is 0. The first-order chi connectivity index (χ1) is 14.9. The summed E-state index contributed by atoms with van der Waals surface area (Å²) in [5.41, 5.74) is -0.584. The molecule has 172 valence electrons. The number of ether oxygens (including phenoxy) is 7. The fraction of sp³-hybridized carbons (Fsp3) is 0.545. The molecule has 0 unspecified atom stereocenters. The summed E-state index contributed by atoms with van der Waals surface area (Å²) < 4.78 is 37.5. The van der Waals surface area contributed by atoms with Gasteiger partial charge in [-0.3, -0.25) is 0 Å². The van der Waals surface area contributed by atoms with E-state index >= 15 is 0 Å². The van der Waals surface area contributed by atoms with Crippen LogP contribution in [0, 0.1) is 0 Å². The van der Waals surface area contributed by atoms with Crippen LogP contribution in [0.4, 0.5) is 0 Å². The lowest BCUT2D eigenvalue weighted by Crippen LogP contribution is -2.59. The second-order valence-electron chi connectivity index (χ2n) is 7.00. The van der Waals surface area contributed by atoms with Crippen LogP contribution in [0.3, 0.4) is 0 Å². The monoisotopic (exact) mass is 438 g/mol. The Morgan fingerprint density at radius 1 is 0.935 bits per heavy atom. The van der Waals surface area contributed by atoms with E-state index in [2.05, 4.69) is 0 Å². The normalized spacial score (nSPS) is 25.8. The van der Waals surface area contributed by atoms with Crippen molar-refractivity contribution in [1.29, 1.82) is 0 Å². The topological polar surface area (TPSA) is 98.8 Å². The first-order valence-electron chi connectivity index (χ1n) is 9.67. The van der Waals surface area contributed by atoms with Gasteiger partial charge in [0.15, 0.2) is 17.1 Å². The lowest BCUT2D eigenvalue weighted by molar-refractivity contribution is -0.210. The Kier molecular flexibility index (Phi) is 8.85. The van der Waals surface area contributed by atoms with E-state index in [9.17, 15) is 9.59 Å². The number of carbonyl (C=O) groups excluding carboxylic acids is 2. The molecule has 0 heterocycles. The van der Waals surface area contributed by atoms with Gasteiger partial charge in [-0.2, -0.15) is 0 Å². The van der Waals surface area contributed by atoms with Crippen molar-refractivity contribution < 1.29 is 42.7 Å². The minimum atomic E-state index is -1.30. The molecule has 9 nitrogen and oxygen atoms in total. The average Bonchev–Trinajstić information content (AvgIpc) is 2.81. The van der Waals surface area contributed by atoms with Gasteiger partial charge in [0.1, 0.15) is 12.2 Å². The zero-order valence-corrected chi connectivity index (χ0v) is 18.7. The van der Waals surface area contributed by atoms with E-state index in [4.69, 9.17) is 33.2 Å². The molecule has 0 saturated heterocycles. The minimum absolute atomic E-state index is 0.0739. The maximum Gasteiger partial charge on any atom is 0.338 e. The van der Waals surface area contributed by atoms with E-state index in [1.807, 2.05) is 0 Å². The van der Waals surface area contributed by atoms with Crippen molar-refractivity contribution in [2.75, 3.05) is 42.7 Å². The molecule has 0 bridgehead atoms. The van der Waals surface area contributed by atoms with Gasteiger partial charge in [0.2, 0.25) is 0 Å². The Bertz CT molecular complexity index is 791. The maximum atomic E-state index is 12.5. The van der Waals surface area contributed by atoms with Crippen molar-refractivity contribution in [2.24, 2.45) is 0 Å². The molecule has 0 aromatic heterocycles. The zero-order valence-electron chi connectivity index (χ0n) is 18.7. The van der Waals surface area contributed by atoms with Crippen molar-refractivity contribution in [1.82, 2.24) is 0 Å². The average molecular weight is 438 g/mol. The molecular weight excluding hydrogens is 408 g/mol. The highest BCUT2D eigenvalue weighted by atomic mass is 16.6. The molecule has 0 aliphatic heterocycles. The number of hydrogen-bond acceptors (Lipinski definition) is 9. The minimum Gasteiger partial charge on any atom is -0.493 e. The van der Waals surface area contributed by atoms with Crippen LogP contribution in [0.1, 0.15) is 18.4 Å². The summed E-state index contributed by atoms with van der Waals surface area (Å²) in [4.78, 5) is 25.0. The molecule has 1 aromatic carbocycles. The molecule has 1 fully saturated rings. The van der Waals surface area contributed by atoms with Crippen LogP contribution in [-0.2, 0) is 33.3 Å². The van der Waals surface area contributed by atoms with Crippen LogP contribution in [-0.4, -0.2) is 78.5 Å². The second kappa shape index (κ2) is 11.1. The molecule has 4 atom stereocenters. The number of rotatable bonds is 9. The highest BCUT2D eigenvalue weighted by molar-refractivity contribution is 5.87. The molecular formula is C22H30O9. The molecule has 1 aromatic rings. The van der Waals surface area contributed by atoms with Gasteiger partial charge in [-0.25, -0.2) is 9.59 Å². The van der Waals surface area contributed by atoms with E-state index in [0.717, 1.165) is 5.56 Å². The predicted octanol–water partition coefficient (Wildman–Crippen LogP) is 2.01. The fourth-order valence-electron chi connectivity index (χ4n) is 3.75. The summed E-state index contributed by atoms with van der Waals surface area (Å²) in [6.45, 7) is 0. The van der Waals surface area contributed by atoms with Gasteiger partial charge in [0.25, 0.3) is 0 Å². The summed E-state index contributed by atoms with van der Waals surface area (Å²) in [5, 5.41) is 0. The summed E-state index contributed by atoms with van der Waals surface area (Å²) in [7, 11) is 8.75. The highest BCUT2D eigenvalue weighted by Crippen LogP contribution is 2.37. The van der Waals surface area contributed by atoms with Crippen molar-refractivity contribution >= 4 is 18.0 Å². The number of benzene rings is 1. The van der Waals surface area contributed by atoms with Crippen LogP contribution in [0.2, 0.25) is 0 Å². The van der Waals surface area contributed by atoms with Crippen LogP contribution in [0.25, 0.3) is 6.08 Å². The summed E-state index contributed by atoms with van der Waals surface area (Å²) in [5.74, 6) is -0.0469. The summed E-state index contributed by atoms with van der Waals surface area (Å²) in [6.07, 6.45) is 1.27. The van der Waals surface area contributed by atoms with Gasteiger partial charge < -0.3 is 33.2 Å². The number of methoxy groups -OCH3 is 6. The summed E-state index contributed by atoms with van der Waals surface area (Å²) >= 11 is 0. The summed E-state index contributed by atoms with van der Waals surface area (Å²) in [6, 6.07) is 5.24. The van der Waals surface area contributed by atoms with Gasteiger partial charge in [-0.15, -0.1) is 0 Å². The Morgan fingerprint density at radius 3 is 2.16 bits per heavy atom. The van der Waals surface area contributed by atoms with Crippen LogP contribution >= 0.6 is 0 Å². The molecule has 1 saturated carbocycles. The molecule has 0 N–H and O–H groups in total. The van der Waals surface area contributed by atoms with E-state index in [-0.39, 0.29) is 12.8 Å². The second-order valence-corrected chi connectivity index (χ2v) is 7.00.